The van der Waals surface area contributed by atoms with Crippen molar-refractivity contribution in [1.82, 2.24) is 25.2 Å². The predicted octanol–water partition coefficient (Wildman–Crippen LogP) is 2.42. The lowest BCUT2D eigenvalue weighted by atomic mass is 10.0. The molecule has 0 bridgehead atoms. The average Bonchev–Trinajstić information content (AvgIpc) is 3.37. The molecule has 1 atom stereocenters. The van der Waals surface area contributed by atoms with Gasteiger partial charge in [-0.2, -0.15) is 10.4 Å². The van der Waals surface area contributed by atoms with Crippen LogP contribution in [-0.4, -0.2) is 44.9 Å². The standard InChI is InChI=1S/C20H20N6O2/c1-25-11-16(10-23-25)14-4-6-15(7-5-14)18-9-19(28-24-18)20(27)26-8-2-3-17(12-26)22-13-21/h4-7,9-11,17,22H,2-3,8,12H2,1H3/t17-/m1/s1. The molecule has 0 unspecified atom stereocenters. The van der Waals surface area contributed by atoms with Gasteiger partial charge in [-0.05, 0) is 18.4 Å². The number of nitriles is 1. The molecule has 1 aliphatic heterocycles. The number of aryl methyl sites for hydroxylation is 1. The van der Waals surface area contributed by atoms with Crippen LogP contribution in [0.3, 0.4) is 0 Å². The van der Waals surface area contributed by atoms with Gasteiger partial charge in [0.1, 0.15) is 5.69 Å². The number of hydrogen-bond acceptors (Lipinski definition) is 6. The number of likely N-dealkylation sites (tertiary alicyclic amines) is 1. The zero-order valence-electron chi connectivity index (χ0n) is 15.5. The third-order valence-electron chi connectivity index (χ3n) is 4.92. The van der Waals surface area contributed by atoms with Crippen molar-refractivity contribution < 1.29 is 9.32 Å². The van der Waals surface area contributed by atoms with Gasteiger partial charge in [-0.25, -0.2) is 0 Å². The molecule has 142 valence electrons. The fourth-order valence-corrected chi connectivity index (χ4v) is 3.44. The second-order valence-electron chi connectivity index (χ2n) is 6.90. The minimum atomic E-state index is -0.199. The number of nitrogens with one attached hydrogen (secondary N) is 1. The molecule has 1 aliphatic rings. The van der Waals surface area contributed by atoms with Gasteiger partial charge in [-0.1, -0.05) is 29.4 Å². The molecule has 1 saturated heterocycles. The van der Waals surface area contributed by atoms with Crippen molar-refractivity contribution in [3.05, 3.63) is 48.5 Å². The van der Waals surface area contributed by atoms with Crippen molar-refractivity contribution in [2.75, 3.05) is 13.1 Å². The topological polar surface area (TPSA) is 100.0 Å². The van der Waals surface area contributed by atoms with Crippen LogP contribution >= 0.6 is 0 Å². The van der Waals surface area contributed by atoms with Crippen LogP contribution < -0.4 is 5.32 Å². The number of aromatic nitrogens is 3. The molecule has 1 N–H and O–H groups in total. The molecule has 3 heterocycles. The molecule has 8 heteroatoms. The Bertz CT molecular complexity index is 1010. The van der Waals surface area contributed by atoms with E-state index in [1.54, 1.807) is 15.6 Å². The number of rotatable bonds is 4. The molecule has 1 amide bonds. The largest absolute Gasteiger partial charge is 0.350 e. The molecule has 28 heavy (non-hydrogen) atoms. The molecule has 2 aromatic heterocycles. The normalized spacial score (nSPS) is 16.6. The monoisotopic (exact) mass is 376 g/mol. The summed E-state index contributed by atoms with van der Waals surface area (Å²) in [7, 11) is 1.88. The Labute approximate surface area is 162 Å². The molecule has 0 saturated carbocycles. The summed E-state index contributed by atoms with van der Waals surface area (Å²) < 4.78 is 7.07. The first-order chi connectivity index (χ1) is 13.6. The highest BCUT2D eigenvalue weighted by atomic mass is 16.5. The van der Waals surface area contributed by atoms with E-state index in [1.165, 1.54) is 0 Å². The van der Waals surface area contributed by atoms with Crippen molar-refractivity contribution in [1.29, 1.82) is 5.26 Å². The lowest BCUT2D eigenvalue weighted by molar-refractivity contribution is 0.0659. The maximum atomic E-state index is 12.7. The molecular formula is C20H20N6O2. The number of carbonyl (C=O) groups is 1. The van der Waals surface area contributed by atoms with Crippen molar-refractivity contribution >= 4 is 5.91 Å². The smallest absolute Gasteiger partial charge is 0.292 e. The van der Waals surface area contributed by atoms with Gasteiger partial charge in [-0.3, -0.25) is 9.48 Å². The van der Waals surface area contributed by atoms with E-state index in [0.717, 1.165) is 29.5 Å². The maximum absolute atomic E-state index is 12.7. The molecule has 0 radical (unpaired) electrons. The molecule has 4 rings (SSSR count). The highest BCUT2D eigenvalue weighted by molar-refractivity contribution is 5.92. The van der Waals surface area contributed by atoms with Gasteiger partial charge < -0.3 is 14.7 Å². The molecule has 1 fully saturated rings. The van der Waals surface area contributed by atoms with Gasteiger partial charge in [0, 0.05) is 43.5 Å². The molecule has 3 aromatic rings. The van der Waals surface area contributed by atoms with Crippen molar-refractivity contribution in [2.45, 2.75) is 18.9 Å². The average molecular weight is 376 g/mol. The van der Waals surface area contributed by atoms with Gasteiger partial charge in [0.25, 0.3) is 5.91 Å². The van der Waals surface area contributed by atoms with E-state index in [9.17, 15) is 4.79 Å². The summed E-state index contributed by atoms with van der Waals surface area (Å²) in [6.07, 6.45) is 7.45. The van der Waals surface area contributed by atoms with Crippen LogP contribution in [0.2, 0.25) is 0 Å². The van der Waals surface area contributed by atoms with Gasteiger partial charge >= 0.3 is 0 Å². The Balaban J connectivity index is 1.48. The Morgan fingerprint density at radius 3 is 2.79 bits per heavy atom. The molecule has 8 nitrogen and oxygen atoms in total. The molecule has 0 spiro atoms. The van der Waals surface area contributed by atoms with Crippen LogP contribution in [-0.2, 0) is 7.05 Å². The van der Waals surface area contributed by atoms with Crippen LogP contribution in [0.15, 0.2) is 47.2 Å². The Hall–Kier alpha value is -3.60. The van der Waals surface area contributed by atoms with E-state index in [4.69, 9.17) is 9.78 Å². The van der Waals surface area contributed by atoms with Crippen LogP contribution in [0.25, 0.3) is 22.4 Å². The van der Waals surface area contributed by atoms with Gasteiger partial charge in [0.2, 0.25) is 5.76 Å². The summed E-state index contributed by atoms with van der Waals surface area (Å²) in [4.78, 5) is 14.4. The Morgan fingerprint density at radius 2 is 2.07 bits per heavy atom. The number of carbonyl (C=O) groups excluding carboxylic acids is 1. The number of amides is 1. The van der Waals surface area contributed by atoms with Crippen LogP contribution in [0.5, 0.6) is 0 Å². The van der Waals surface area contributed by atoms with Crippen molar-refractivity contribution in [3.8, 4) is 28.6 Å². The second kappa shape index (κ2) is 7.56. The summed E-state index contributed by atoms with van der Waals surface area (Å²) in [6, 6.07) is 9.54. The Morgan fingerprint density at radius 1 is 1.29 bits per heavy atom. The SMILES string of the molecule is Cn1cc(-c2ccc(-c3cc(C(=O)N4CCC[C@@H](NC#N)C4)on3)cc2)cn1. The first-order valence-corrected chi connectivity index (χ1v) is 9.14. The molecule has 0 aliphatic carbocycles. The number of piperidine rings is 1. The highest BCUT2D eigenvalue weighted by Gasteiger charge is 2.27. The lowest BCUT2D eigenvalue weighted by Gasteiger charge is -2.31. The van der Waals surface area contributed by atoms with Gasteiger partial charge in [0.15, 0.2) is 6.19 Å². The second-order valence-corrected chi connectivity index (χ2v) is 6.90. The van der Waals surface area contributed by atoms with Crippen LogP contribution in [0.4, 0.5) is 0 Å². The van der Waals surface area contributed by atoms with Crippen molar-refractivity contribution in [3.63, 3.8) is 0 Å². The van der Waals surface area contributed by atoms with E-state index in [-0.39, 0.29) is 17.7 Å². The summed E-state index contributed by atoms with van der Waals surface area (Å²) in [5.41, 5.74) is 3.58. The number of nitrogens with zero attached hydrogens (tertiary/aromatic N) is 5. The molecular weight excluding hydrogens is 356 g/mol. The minimum absolute atomic E-state index is 0.00916. The fourth-order valence-electron chi connectivity index (χ4n) is 3.44. The summed E-state index contributed by atoms with van der Waals surface area (Å²) in [5, 5.41) is 19.8. The minimum Gasteiger partial charge on any atom is -0.350 e. The lowest BCUT2D eigenvalue weighted by Crippen LogP contribution is -2.46. The quantitative estimate of drug-likeness (QED) is 0.554. The first-order valence-electron chi connectivity index (χ1n) is 9.14. The van der Waals surface area contributed by atoms with E-state index in [0.29, 0.717) is 18.8 Å². The first kappa shape index (κ1) is 17.8. The zero-order chi connectivity index (χ0) is 19.5. The van der Waals surface area contributed by atoms with Crippen LogP contribution in [0.1, 0.15) is 23.4 Å². The number of benzene rings is 1. The Kier molecular flexibility index (Phi) is 4.81. The third-order valence-corrected chi connectivity index (χ3v) is 4.92. The third kappa shape index (κ3) is 3.60. The molecule has 1 aromatic carbocycles. The maximum Gasteiger partial charge on any atom is 0.292 e. The summed E-state index contributed by atoms with van der Waals surface area (Å²) in [5.74, 6) is 0.0131. The van der Waals surface area contributed by atoms with Gasteiger partial charge in [-0.15, -0.1) is 0 Å². The predicted molar refractivity (Wildman–Crippen MR) is 102 cm³/mol. The van der Waals surface area contributed by atoms with Gasteiger partial charge in [0.05, 0.1) is 12.2 Å². The van der Waals surface area contributed by atoms with E-state index < -0.39 is 0 Å². The summed E-state index contributed by atoms with van der Waals surface area (Å²) in [6.45, 7) is 1.14. The van der Waals surface area contributed by atoms with Crippen molar-refractivity contribution in [2.24, 2.45) is 7.05 Å². The number of hydrogen-bond donors (Lipinski definition) is 1. The summed E-state index contributed by atoms with van der Waals surface area (Å²) >= 11 is 0. The van der Waals surface area contributed by atoms with E-state index >= 15 is 0 Å². The van der Waals surface area contributed by atoms with E-state index in [2.05, 4.69) is 15.6 Å². The van der Waals surface area contributed by atoms with Crippen LogP contribution in [0, 0.1) is 11.5 Å². The zero-order valence-corrected chi connectivity index (χ0v) is 15.5. The fraction of sp³-hybridized carbons (Fsp3) is 0.300. The van der Waals surface area contributed by atoms with E-state index in [1.807, 2.05) is 49.9 Å². The highest BCUT2D eigenvalue weighted by Crippen LogP contribution is 2.25.